The van der Waals surface area contributed by atoms with Crippen LogP contribution in [0.1, 0.15) is 58.6 Å². The summed E-state index contributed by atoms with van der Waals surface area (Å²) in [6, 6.07) is 15.0. The van der Waals surface area contributed by atoms with E-state index in [0.29, 0.717) is 18.9 Å². The molecule has 0 aromatic heterocycles. The van der Waals surface area contributed by atoms with E-state index in [-0.39, 0.29) is 11.2 Å². The van der Waals surface area contributed by atoms with Crippen molar-refractivity contribution in [2.75, 3.05) is 13.2 Å². The van der Waals surface area contributed by atoms with Crippen LogP contribution in [-0.2, 0) is 15.0 Å². The number of carbonyl (C=O) groups excluding carboxylic acids is 1. The largest absolute Gasteiger partial charge is 0.508 e. The molecule has 0 aliphatic carbocycles. The summed E-state index contributed by atoms with van der Waals surface area (Å²) in [4.78, 5) is 22.1. The Kier molecular flexibility index (Phi) is 8.12. The van der Waals surface area contributed by atoms with Gasteiger partial charge in [0.25, 0.3) is 0 Å². The molecule has 2 rings (SSSR count). The van der Waals surface area contributed by atoms with Crippen LogP contribution in [0.3, 0.4) is 0 Å². The average Bonchev–Trinajstić information content (AvgIpc) is 2.66. The van der Waals surface area contributed by atoms with Gasteiger partial charge in [0.15, 0.2) is 5.75 Å². The molecule has 0 radical (unpaired) electrons. The van der Waals surface area contributed by atoms with Crippen molar-refractivity contribution in [2.45, 2.75) is 58.5 Å². The van der Waals surface area contributed by atoms with Crippen LogP contribution in [0.4, 0.5) is 4.79 Å². The standard InChI is InChI=1S/C24H33NO5/c1-23(2,3)29-22(27)25-16-6-7-17-28-30-21-14-10-19(11-15-21)24(4,5)18-8-12-20(26)13-9-18/h8-15,26H,6-7,16-17H2,1-5H3,(H,25,27). The fourth-order valence-corrected chi connectivity index (χ4v) is 2.87. The molecule has 0 aliphatic rings. The molecule has 0 unspecified atom stereocenters. The molecule has 0 bridgehead atoms. The van der Waals surface area contributed by atoms with Gasteiger partial charge in [-0.05, 0) is 69.0 Å². The number of hydrogen-bond acceptors (Lipinski definition) is 5. The van der Waals surface area contributed by atoms with Gasteiger partial charge in [0, 0.05) is 12.0 Å². The summed E-state index contributed by atoms with van der Waals surface area (Å²) in [6.45, 7) is 10.7. The fraction of sp³-hybridized carbons (Fsp3) is 0.458. The molecule has 0 saturated carbocycles. The van der Waals surface area contributed by atoms with E-state index in [1.807, 2.05) is 57.2 Å². The summed E-state index contributed by atoms with van der Waals surface area (Å²) >= 11 is 0. The smallest absolute Gasteiger partial charge is 0.407 e. The van der Waals surface area contributed by atoms with Crippen molar-refractivity contribution < 1.29 is 24.4 Å². The predicted octanol–water partition coefficient (Wildman–Crippen LogP) is 5.33. The number of phenols is 1. The van der Waals surface area contributed by atoms with Crippen LogP contribution in [0.25, 0.3) is 0 Å². The van der Waals surface area contributed by atoms with E-state index in [1.54, 1.807) is 12.1 Å². The fourth-order valence-electron chi connectivity index (χ4n) is 2.87. The summed E-state index contributed by atoms with van der Waals surface area (Å²) in [5.74, 6) is 0.892. The molecule has 1 amide bonds. The summed E-state index contributed by atoms with van der Waals surface area (Å²) < 4.78 is 5.17. The number of alkyl carbamates (subject to hydrolysis) is 1. The van der Waals surface area contributed by atoms with Gasteiger partial charge in [-0.15, -0.1) is 0 Å². The number of amides is 1. The zero-order valence-electron chi connectivity index (χ0n) is 18.5. The maximum Gasteiger partial charge on any atom is 0.407 e. The molecule has 6 heteroatoms. The molecule has 0 heterocycles. The second-order valence-corrected chi connectivity index (χ2v) is 8.74. The quantitative estimate of drug-likeness (QED) is 0.329. The lowest BCUT2D eigenvalue weighted by Gasteiger charge is -2.26. The van der Waals surface area contributed by atoms with Crippen molar-refractivity contribution in [2.24, 2.45) is 0 Å². The van der Waals surface area contributed by atoms with Crippen LogP contribution in [-0.4, -0.2) is 30.0 Å². The maximum absolute atomic E-state index is 11.5. The number of carbonyl (C=O) groups is 1. The minimum atomic E-state index is -0.490. The number of unbranched alkanes of at least 4 members (excludes halogenated alkanes) is 1. The Hall–Kier alpha value is -2.73. The average molecular weight is 416 g/mol. The minimum Gasteiger partial charge on any atom is -0.508 e. The van der Waals surface area contributed by atoms with Gasteiger partial charge in [-0.2, -0.15) is 4.89 Å². The summed E-state index contributed by atoms with van der Waals surface area (Å²) in [5.41, 5.74) is 1.56. The van der Waals surface area contributed by atoms with Crippen molar-refractivity contribution in [3.05, 3.63) is 59.7 Å². The summed E-state index contributed by atoms with van der Waals surface area (Å²) in [7, 11) is 0. The SMILES string of the molecule is CC(C)(C)OC(=O)NCCCCOOc1ccc(C(C)(C)c2ccc(O)cc2)cc1. The minimum absolute atomic E-state index is 0.200. The highest BCUT2D eigenvalue weighted by Gasteiger charge is 2.23. The van der Waals surface area contributed by atoms with Crippen LogP contribution in [0.15, 0.2) is 48.5 Å². The van der Waals surface area contributed by atoms with E-state index in [2.05, 4.69) is 19.2 Å². The second-order valence-electron chi connectivity index (χ2n) is 8.74. The monoisotopic (exact) mass is 415 g/mol. The number of phenolic OH excluding ortho intramolecular Hbond substituents is 1. The first-order valence-corrected chi connectivity index (χ1v) is 10.2. The van der Waals surface area contributed by atoms with Crippen LogP contribution < -0.4 is 10.2 Å². The molecule has 0 fully saturated rings. The number of hydrogen-bond donors (Lipinski definition) is 2. The van der Waals surface area contributed by atoms with Crippen LogP contribution >= 0.6 is 0 Å². The predicted molar refractivity (Wildman–Crippen MR) is 117 cm³/mol. The first-order valence-electron chi connectivity index (χ1n) is 10.2. The third kappa shape index (κ3) is 7.59. The van der Waals surface area contributed by atoms with Gasteiger partial charge in [-0.25, -0.2) is 4.79 Å². The molecular weight excluding hydrogens is 382 g/mol. The molecule has 30 heavy (non-hydrogen) atoms. The summed E-state index contributed by atoms with van der Waals surface area (Å²) in [6.07, 6.45) is 1.11. The van der Waals surface area contributed by atoms with Gasteiger partial charge in [-0.3, -0.25) is 0 Å². The van der Waals surface area contributed by atoms with Gasteiger partial charge >= 0.3 is 6.09 Å². The Morgan fingerprint density at radius 1 is 0.900 bits per heavy atom. The molecule has 6 nitrogen and oxygen atoms in total. The number of aromatic hydroxyl groups is 1. The van der Waals surface area contributed by atoms with E-state index in [1.165, 1.54) is 0 Å². The number of rotatable bonds is 9. The van der Waals surface area contributed by atoms with Gasteiger partial charge in [0.2, 0.25) is 0 Å². The maximum atomic E-state index is 11.5. The third-order valence-corrected chi connectivity index (χ3v) is 4.64. The molecule has 2 N–H and O–H groups in total. The number of ether oxygens (including phenoxy) is 1. The van der Waals surface area contributed by atoms with E-state index in [0.717, 1.165) is 24.0 Å². The molecule has 2 aromatic rings. The molecule has 164 valence electrons. The molecule has 0 spiro atoms. The molecular formula is C24H33NO5. The van der Waals surface area contributed by atoms with Crippen LogP contribution in [0, 0.1) is 0 Å². The topological polar surface area (TPSA) is 77.0 Å². The molecule has 0 atom stereocenters. The highest BCUT2D eigenvalue weighted by atomic mass is 17.2. The van der Waals surface area contributed by atoms with Gasteiger partial charge in [0.05, 0.1) is 6.61 Å². The lowest BCUT2D eigenvalue weighted by atomic mass is 9.78. The van der Waals surface area contributed by atoms with Crippen LogP contribution in [0.5, 0.6) is 11.5 Å². The van der Waals surface area contributed by atoms with E-state index >= 15 is 0 Å². The number of nitrogens with one attached hydrogen (secondary N) is 1. The lowest BCUT2D eigenvalue weighted by molar-refractivity contribution is -0.207. The Labute approximate surface area is 179 Å². The van der Waals surface area contributed by atoms with Crippen molar-refractivity contribution in [3.63, 3.8) is 0 Å². The lowest BCUT2D eigenvalue weighted by Crippen LogP contribution is -2.33. The molecule has 2 aromatic carbocycles. The normalized spacial score (nSPS) is 11.8. The van der Waals surface area contributed by atoms with Gasteiger partial charge < -0.3 is 20.0 Å². The van der Waals surface area contributed by atoms with Gasteiger partial charge in [-0.1, -0.05) is 38.1 Å². The van der Waals surface area contributed by atoms with Crippen molar-refractivity contribution in [3.8, 4) is 11.5 Å². The Morgan fingerprint density at radius 2 is 1.47 bits per heavy atom. The van der Waals surface area contributed by atoms with Crippen molar-refractivity contribution >= 4 is 6.09 Å². The highest BCUT2D eigenvalue weighted by Crippen LogP contribution is 2.33. The zero-order chi connectivity index (χ0) is 22.2. The van der Waals surface area contributed by atoms with Crippen molar-refractivity contribution in [1.82, 2.24) is 5.32 Å². The van der Waals surface area contributed by atoms with E-state index < -0.39 is 11.7 Å². The van der Waals surface area contributed by atoms with Crippen molar-refractivity contribution in [1.29, 1.82) is 0 Å². The molecule has 0 saturated heterocycles. The molecule has 0 aliphatic heterocycles. The first kappa shape index (κ1) is 23.5. The van der Waals surface area contributed by atoms with E-state index in [9.17, 15) is 9.90 Å². The Balaban J connectivity index is 1.70. The van der Waals surface area contributed by atoms with Gasteiger partial charge in [0.1, 0.15) is 11.4 Å². The zero-order valence-corrected chi connectivity index (χ0v) is 18.5. The van der Waals surface area contributed by atoms with Crippen LogP contribution in [0.2, 0.25) is 0 Å². The Morgan fingerprint density at radius 3 is 2.03 bits per heavy atom. The Bertz CT molecular complexity index is 792. The number of benzene rings is 2. The highest BCUT2D eigenvalue weighted by molar-refractivity contribution is 5.67. The third-order valence-electron chi connectivity index (χ3n) is 4.64. The second kappa shape index (κ2) is 10.3. The first-order chi connectivity index (χ1) is 14.1. The summed E-state index contributed by atoms with van der Waals surface area (Å²) in [5, 5.41) is 12.2. The van der Waals surface area contributed by atoms with E-state index in [4.69, 9.17) is 14.5 Å².